The molecule has 1 atom stereocenters. The van der Waals surface area contributed by atoms with Crippen LogP contribution >= 0.6 is 0 Å². The Labute approximate surface area is 109 Å². The number of carbonyl (C=O) groups excluding carboxylic acids is 2. The number of esters is 1. The lowest BCUT2D eigenvalue weighted by Gasteiger charge is -2.10. The number of hydrogen-bond acceptors (Lipinski definition) is 6. The Morgan fingerprint density at radius 1 is 1.47 bits per heavy atom. The van der Waals surface area contributed by atoms with Crippen molar-refractivity contribution < 1.29 is 24.2 Å². The van der Waals surface area contributed by atoms with E-state index < -0.39 is 12.0 Å². The first-order chi connectivity index (χ1) is 9.20. The number of amides is 1. The number of nitrogens with two attached hydrogens (primary N) is 1. The molecule has 0 bridgehead atoms. The van der Waals surface area contributed by atoms with Gasteiger partial charge in [0.25, 0.3) is 0 Å². The minimum atomic E-state index is -0.564. The van der Waals surface area contributed by atoms with Crippen LogP contribution in [0.5, 0.6) is 5.75 Å². The molecule has 1 aromatic rings. The Bertz CT molecular complexity index is 477. The molecule has 19 heavy (non-hydrogen) atoms. The zero-order chi connectivity index (χ0) is 13.7. The lowest BCUT2D eigenvalue weighted by Crippen LogP contribution is -2.38. The summed E-state index contributed by atoms with van der Waals surface area (Å²) in [6, 6.07) is 6.26. The molecule has 1 amide bonds. The molecule has 102 valence electrons. The van der Waals surface area contributed by atoms with Crippen LogP contribution in [0.1, 0.15) is 12.0 Å². The van der Waals surface area contributed by atoms with Crippen LogP contribution in [0.4, 0.5) is 0 Å². The van der Waals surface area contributed by atoms with Crippen LogP contribution in [0.3, 0.4) is 0 Å². The van der Waals surface area contributed by atoms with Gasteiger partial charge in [0, 0.05) is 12.0 Å². The third-order valence-electron chi connectivity index (χ3n) is 2.73. The Kier molecular flexibility index (Phi) is 4.32. The quantitative estimate of drug-likeness (QED) is 0.436. The van der Waals surface area contributed by atoms with Gasteiger partial charge in [-0.25, -0.2) is 4.79 Å². The third-order valence-corrected chi connectivity index (χ3v) is 2.73. The van der Waals surface area contributed by atoms with Gasteiger partial charge >= 0.3 is 5.97 Å². The van der Waals surface area contributed by atoms with E-state index >= 15 is 0 Å². The molecule has 1 heterocycles. The van der Waals surface area contributed by atoms with Gasteiger partial charge in [0.15, 0.2) is 5.75 Å². The van der Waals surface area contributed by atoms with Crippen molar-refractivity contribution in [1.29, 1.82) is 0 Å². The van der Waals surface area contributed by atoms with E-state index in [1.54, 1.807) is 24.3 Å². The molecule has 1 saturated heterocycles. The summed E-state index contributed by atoms with van der Waals surface area (Å²) in [4.78, 5) is 31.9. The maximum atomic E-state index is 11.8. The minimum absolute atomic E-state index is 0.0588. The normalized spacial score (nSPS) is 17.9. The molecule has 0 spiro atoms. The second-order valence-corrected chi connectivity index (χ2v) is 4.04. The number of hydrogen-bond donors (Lipinski definition) is 2. The van der Waals surface area contributed by atoms with Gasteiger partial charge in [-0.15, -0.1) is 0 Å². The number of rotatable bonds is 5. The van der Waals surface area contributed by atoms with Crippen molar-refractivity contribution in [2.45, 2.75) is 18.9 Å². The number of carbonyl (C=O) groups is 2. The first kappa shape index (κ1) is 13.3. The molecule has 1 fully saturated rings. The molecule has 2 rings (SSSR count). The fourth-order valence-electron chi connectivity index (χ4n) is 1.83. The van der Waals surface area contributed by atoms with Crippen molar-refractivity contribution in [3.8, 4) is 5.75 Å². The highest BCUT2D eigenvalue weighted by Crippen LogP contribution is 2.18. The first-order valence-corrected chi connectivity index (χ1v) is 5.78. The first-order valence-electron chi connectivity index (χ1n) is 5.78. The molecule has 1 aromatic carbocycles. The second kappa shape index (κ2) is 6.17. The fourth-order valence-corrected chi connectivity index (χ4v) is 1.83. The number of cyclic esters (lactones) is 1. The van der Waals surface area contributed by atoms with Gasteiger partial charge in [-0.05, 0) is 6.07 Å². The summed E-state index contributed by atoms with van der Waals surface area (Å²) in [5.41, 5.74) is 0.608. The van der Waals surface area contributed by atoms with Crippen molar-refractivity contribution in [1.82, 2.24) is 5.32 Å². The summed E-state index contributed by atoms with van der Waals surface area (Å²) < 4.78 is 4.76. The topological polar surface area (TPSA) is 99.9 Å². The lowest BCUT2D eigenvalue weighted by atomic mass is 10.1. The van der Waals surface area contributed by atoms with Crippen LogP contribution in [0.15, 0.2) is 24.3 Å². The predicted octanol–water partition coefficient (Wildman–Crippen LogP) is -0.155. The Hall–Kier alpha value is -2.12. The van der Waals surface area contributed by atoms with Gasteiger partial charge in [-0.2, -0.15) is 5.90 Å². The highest BCUT2D eigenvalue weighted by molar-refractivity contribution is 5.86. The summed E-state index contributed by atoms with van der Waals surface area (Å²) in [5, 5.41) is 2.61. The van der Waals surface area contributed by atoms with E-state index in [9.17, 15) is 9.59 Å². The zero-order valence-corrected chi connectivity index (χ0v) is 10.1. The summed E-state index contributed by atoms with van der Waals surface area (Å²) in [6.07, 6.45) is 0.554. The monoisotopic (exact) mass is 266 g/mol. The van der Waals surface area contributed by atoms with Gasteiger partial charge in [0.05, 0.1) is 13.0 Å². The standard InChI is InChI=1S/C12H14N2O5/c13-19-18-10-4-2-1-3-8(10)7-11(15)14-9-5-6-17-12(9)16/h1-4,9H,5-7,13H2,(H,14,15). The highest BCUT2D eigenvalue weighted by atomic mass is 17.3. The number of ether oxygens (including phenoxy) is 1. The average Bonchev–Trinajstić information content (AvgIpc) is 2.78. The van der Waals surface area contributed by atoms with E-state index in [4.69, 9.17) is 15.5 Å². The number of nitrogens with one attached hydrogen (secondary N) is 1. The highest BCUT2D eigenvalue weighted by Gasteiger charge is 2.28. The van der Waals surface area contributed by atoms with Crippen LogP contribution in [-0.2, 0) is 25.7 Å². The smallest absolute Gasteiger partial charge is 0.328 e. The number of para-hydroxylation sites is 1. The molecule has 1 aliphatic rings. The van der Waals surface area contributed by atoms with Crippen molar-refractivity contribution in [2.24, 2.45) is 5.90 Å². The van der Waals surface area contributed by atoms with Crippen molar-refractivity contribution in [3.05, 3.63) is 29.8 Å². The number of benzene rings is 1. The van der Waals surface area contributed by atoms with Crippen molar-refractivity contribution in [3.63, 3.8) is 0 Å². The lowest BCUT2D eigenvalue weighted by molar-refractivity contribution is -0.212. The molecule has 0 aliphatic carbocycles. The van der Waals surface area contributed by atoms with E-state index in [1.807, 2.05) is 0 Å². The van der Waals surface area contributed by atoms with E-state index in [1.165, 1.54) is 0 Å². The van der Waals surface area contributed by atoms with E-state index in [2.05, 4.69) is 10.3 Å². The van der Waals surface area contributed by atoms with E-state index in [0.29, 0.717) is 24.3 Å². The average molecular weight is 266 g/mol. The Balaban J connectivity index is 1.96. The summed E-state index contributed by atoms with van der Waals surface area (Å²) in [5.74, 6) is 4.49. The summed E-state index contributed by atoms with van der Waals surface area (Å²) in [6.45, 7) is 0.338. The van der Waals surface area contributed by atoms with Gasteiger partial charge in [0.1, 0.15) is 6.04 Å². The molecule has 0 aromatic heterocycles. The van der Waals surface area contributed by atoms with E-state index in [-0.39, 0.29) is 12.3 Å². The molecule has 1 unspecified atom stereocenters. The zero-order valence-electron chi connectivity index (χ0n) is 10.1. The van der Waals surface area contributed by atoms with Crippen LogP contribution in [0.2, 0.25) is 0 Å². The molecule has 7 heteroatoms. The van der Waals surface area contributed by atoms with Crippen LogP contribution in [-0.4, -0.2) is 24.5 Å². The van der Waals surface area contributed by atoms with Gasteiger partial charge in [-0.3, -0.25) is 4.79 Å². The largest absolute Gasteiger partial charge is 0.464 e. The maximum absolute atomic E-state index is 11.8. The van der Waals surface area contributed by atoms with Crippen LogP contribution in [0.25, 0.3) is 0 Å². The molecule has 1 aliphatic heterocycles. The molecular weight excluding hydrogens is 252 g/mol. The third kappa shape index (κ3) is 3.43. The van der Waals surface area contributed by atoms with Gasteiger partial charge < -0.3 is 14.9 Å². The fraction of sp³-hybridized carbons (Fsp3) is 0.333. The molecule has 0 radical (unpaired) electrons. The minimum Gasteiger partial charge on any atom is -0.464 e. The summed E-state index contributed by atoms with van der Waals surface area (Å²) in [7, 11) is 0. The molecule has 7 nitrogen and oxygen atoms in total. The SMILES string of the molecule is NOOc1ccccc1CC(=O)NC1CCOC1=O. The molecule has 0 saturated carbocycles. The molecular formula is C12H14N2O5. The summed E-state index contributed by atoms with van der Waals surface area (Å²) >= 11 is 0. The van der Waals surface area contributed by atoms with Crippen molar-refractivity contribution >= 4 is 11.9 Å². The molecule has 3 N–H and O–H groups in total. The maximum Gasteiger partial charge on any atom is 0.328 e. The van der Waals surface area contributed by atoms with Gasteiger partial charge in [0.2, 0.25) is 5.91 Å². The van der Waals surface area contributed by atoms with Crippen LogP contribution in [0, 0.1) is 0 Å². The van der Waals surface area contributed by atoms with Gasteiger partial charge in [-0.1, -0.05) is 23.2 Å². The Morgan fingerprint density at radius 2 is 2.26 bits per heavy atom. The predicted molar refractivity (Wildman–Crippen MR) is 63.6 cm³/mol. The Morgan fingerprint density at radius 3 is 2.95 bits per heavy atom. The van der Waals surface area contributed by atoms with Crippen LogP contribution < -0.4 is 16.1 Å². The van der Waals surface area contributed by atoms with E-state index in [0.717, 1.165) is 0 Å². The van der Waals surface area contributed by atoms with Crippen molar-refractivity contribution in [2.75, 3.05) is 6.61 Å². The second-order valence-electron chi connectivity index (χ2n) is 4.04.